The van der Waals surface area contributed by atoms with E-state index in [0.717, 1.165) is 0 Å². The van der Waals surface area contributed by atoms with E-state index in [9.17, 15) is 0 Å². The highest BCUT2D eigenvalue weighted by Gasteiger charge is 2.33. The Hall–Kier alpha value is -2.08. The van der Waals surface area contributed by atoms with Crippen LogP contribution in [0, 0.1) is 46.5 Å². The number of aryl methyl sites for hydroxylation is 4. The number of hydrogen-bond acceptors (Lipinski definition) is 0. The fourth-order valence-corrected chi connectivity index (χ4v) is 5.00. The van der Waals surface area contributed by atoms with E-state index < -0.39 is 0 Å². The molecular formula is C26H28. The third kappa shape index (κ3) is 2.35. The maximum Gasteiger partial charge on any atom is 0.0167 e. The summed E-state index contributed by atoms with van der Waals surface area (Å²) in [5.41, 5.74) is 17.2. The van der Waals surface area contributed by atoms with Crippen molar-refractivity contribution >= 4 is 11.1 Å². The van der Waals surface area contributed by atoms with Crippen molar-refractivity contribution in [1.82, 2.24) is 0 Å². The smallest absolute Gasteiger partial charge is 0.0167 e. The van der Waals surface area contributed by atoms with Crippen LogP contribution in [0.25, 0.3) is 11.1 Å². The van der Waals surface area contributed by atoms with Crippen LogP contribution < -0.4 is 0 Å². The van der Waals surface area contributed by atoms with Crippen molar-refractivity contribution in [3.63, 3.8) is 0 Å². The van der Waals surface area contributed by atoms with Crippen LogP contribution in [0.5, 0.6) is 0 Å². The molecule has 132 valence electrons. The summed E-state index contributed by atoms with van der Waals surface area (Å²) in [4.78, 5) is 0. The van der Waals surface area contributed by atoms with Gasteiger partial charge in [0, 0.05) is 18.8 Å². The Balaban J connectivity index is 1.89. The van der Waals surface area contributed by atoms with Gasteiger partial charge in [0.25, 0.3) is 0 Å². The van der Waals surface area contributed by atoms with Crippen LogP contribution >= 0.6 is 0 Å². The maximum absolute atomic E-state index is 2.40. The Kier molecular flexibility index (Phi) is 3.99. The van der Waals surface area contributed by atoms with E-state index in [1.807, 2.05) is 0 Å². The molecule has 2 aliphatic carbocycles. The van der Waals surface area contributed by atoms with Gasteiger partial charge in [0.15, 0.2) is 0 Å². The first-order chi connectivity index (χ1) is 12.3. The third-order valence-corrected chi connectivity index (χ3v) is 6.32. The molecule has 0 aromatic heterocycles. The van der Waals surface area contributed by atoms with Gasteiger partial charge in [-0.3, -0.25) is 0 Å². The largest absolute Gasteiger partial charge is 0.0604 e. The van der Waals surface area contributed by atoms with E-state index >= 15 is 0 Å². The van der Waals surface area contributed by atoms with E-state index in [1.165, 1.54) is 66.8 Å². The Morgan fingerprint density at radius 1 is 0.538 bits per heavy atom. The standard InChI is InChI=1S/C26H28/c1-14-8-10-16(3)25-21(14)12-18(5)23(25)20(7)24-19(6)13-22-15(2)9-11-17(4)26(22)24/h8-13,20H,1-7H3. The lowest BCUT2D eigenvalue weighted by Gasteiger charge is -2.23. The van der Waals surface area contributed by atoms with Gasteiger partial charge in [0.2, 0.25) is 0 Å². The van der Waals surface area contributed by atoms with E-state index in [4.69, 9.17) is 0 Å². The lowest BCUT2D eigenvalue weighted by atomic mass is 9.81. The summed E-state index contributed by atoms with van der Waals surface area (Å²) in [6.45, 7) is 15.9. The molecule has 2 radical (unpaired) electrons. The first kappa shape index (κ1) is 17.3. The van der Waals surface area contributed by atoms with Gasteiger partial charge < -0.3 is 0 Å². The fourth-order valence-electron chi connectivity index (χ4n) is 5.00. The zero-order chi connectivity index (χ0) is 18.7. The van der Waals surface area contributed by atoms with Gasteiger partial charge in [-0.2, -0.15) is 0 Å². The summed E-state index contributed by atoms with van der Waals surface area (Å²) in [5, 5.41) is 0. The molecule has 0 saturated heterocycles. The summed E-state index contributed by atoms with van der Waals surface area (Å²) in [5.74, 6) is 0.394. The number of rotatable bonds is 2. The van der Waals surface area contributed by atoms with Crippen LogP contribution in [-0.4, -0.2) is 0 Å². The molecule has 0 aliphatic heterocycles. The Labute approximate surface area is 158 Å². The molecule has 0 N–H and O–H groups in total. The molecule has 0 amide bonds. The van der Waals surface area contributed by atoms with Crippen LogP contribution in [0.4, 0.5) is 0 Å². The molecule has 4 rings (SSSR count). The minimum absolute atomic E-state index is 0.394. The van der Waals surface area contributed by atoms with Gasteiger partial charge in [-0.1, -0.05) is 42.3 Å². The molecule has 0 heterocycles. The Bertz CT molecular complexity index is 914. The van der Waals surface area contributed by atoms with E-state index in [-0.39, 0.29) is 0 Å². The molecule has 0 spiro atoms. The minimum atomic E-state index is 0.394. The molecule has 0 nitrogen and oxygen atoms in total. The highest BCUT2D eigenvalue weighted by Crippen LogP contribution is 2.50. The molecule has 2 aromatic rings. The van der Waals surface area contributed by atoms with E-state index in [1.54, 1.807) is 0 Å². The first-order valence-corrected chi connectivity index (χ1v) is 9.63. The second kappa shape index (κ2) is 5.98. The van der Waals surface area contributed by atoms with Crippen LogP contribution in [0.2, 0.25) is 0 Å². The highest BCUT2D eigenvalue weighted by atomic mass is 14.4. The minimum Gasteiger partial charge on any atom is -0.0604 e. The van der Waals surface area contributed by atoms with Gasteiger partial charge in [-0.25, -0.2) is 0 Å². The molecule has 0 saturated carbocycles. The molecule has 0 heteroatoms. The van der Waals surface area contributed by atoms with Crippen molar-refractivity contribution in [1.29, 1.82) is 0 Å². The molecule has 2 aliphatic rings. The van der Waals surface area contributed by atoms with Gasteiger partial charge in [-0.15, -0.1) is 0 Å². The summed E-state index contributed by atoms with van der Waals surface area (Å²) in [6, 6.07) is 9.06. The zero-order valence-corrected chi connectivity index (χ0v) is 17.0. The summed E-state index contributed by atoms with van der Waals surface area (Å²) >= 11 is 0. The van der Waals surface area contributed by atoms with Crippen LogP contribution in [0.1, 0.15) is 65.3 Å². The molecule has 0 bridgehead atoms. The predicted molar refractivity (Wildman–Crippen MR) is 113 cm³/mol. The average Bonchev–Trinajstić information content (AvgIpc) is 3.13. The summed E-state index contributed by atoms with van der Waals surface area (Å²) in [7, 11) is 0. The molecule has 0 fully saturated rings. The normalized spacial score (nSPS) is 16.0. The van der Waals surface area contributed by atoms with E-state index in [2.05, 4.69) is 85.6 Å². The van der Waals surface area contributed by atoms with Crippen molar-refractivity contribution in [3.8, 4) is 0 Å². The first-order valence-electron chi connectivity index (χ1n) is 9.63. The Morgan fingerprint density at radius 2 is 0.885 bits per heavy atom. The van der Waals surface area contributed by atoms with Crippen molar-refractivity contribution in [2.75, 3.05) is 0 Å². The number of allylic oxidation sites excluding steroid dienone is 4. The van der Waals surface area contributed by atoms with Crippen molar-refractivity contribution in [3.05, 3.63) is 92.8 Å². The number of fused-ring (bicyclic) bond motifs is 2. The van der Waals surface area contributed by atoms with Crippen LogP contribution in [-0.2, 0) is 0 Å². The molecule has 0 atom stereocenters. The lowest BCUT2D eigenvalue weighted by Crippen LogP contribution is -2.06. The fraction of sp³-hybridized carbons (Fsp3) is 0.308. The monoisotopic (exact) mass is 340 g/mol. The quantitative estimate of drug-likeness (QED) is 0.555. The predicted octanol–water partition coefficient (Wildman–Crippen LogP) is 6.94. The van der Waals surface area contributed by atoms with Crippen molar-refractivity contribution in [2.45, 2.75) is 48.5 Å². The highest BCUT2D eigenvalue weighted by molar-refractivity contribution is 5.95. The molecule has 0 unspecified atom stereocenters. The van der Waals surface area contributed by atoms with Gasteiger partial charge in [0.05, 0.1) is 0 Å². The topological polar surface area (TPSA) is 0 Å². The zero-order valence-electron chi connectivity index (χ0n) is 17.0. The summed E-state index contributed by atoms with van der Waals surface area (Å²) in [6.07, 6.45) is 4.78. The maximum atomic E-state index is 2.40. The van der Waals surface area contributed by atoms with Gasteiger partial charge >= 0.3 is 0 Å². The SMILES string of the molecule is CC1=C(C(C)C2=C(C)[CH]c3c(C)ccc(C)c32)c2c(C)ccc(C)c2[CH]1. The lowest BCUT2D eigenvalue weighted by molar-refractivity contribution is 0.974. The van der Waals surface area contributed by atoms with Crippen LogP contribution in [0.3, 0.4) is 0 Å². The number of hydrogen-bond donors (Lipinski definition) is 0. The van der Waals surface area contributed by atoms with Gasteiger partial charge in [-0.05, 0) is 97.2 Å². The van der Waals surface area contributed by atoms with Gasteiger partial charge in [0.1, 0.15) is 0 Å². The molecular weight excluding hydrogens is 312 g/mol. The molecule has 2 aromatic carbocycles. The van der Waals surface area contributed by atoms with Crippen molar-refractivity contribution in [2.24, 2.45) is 5.92 Å². The number of benzene rings is 2. The second-order valence-corrected chi connectivity index (χ2v) is 8.18. The van der Waals surface area contributed by atoms with Crippen LogP contribution in [0.15, 0.2) is 35.4 Å². The van der Waals surface area contributed by atoms with Crippen molar-refractivity contribution < 1.29 is 0 Å². The average molecular weight is 341 g/mol. The second-order valence-electron chi connectivity index (χ2n) is 8.18. The molecule has 26 heavy (non-hydrogen) atoms. The third-order valence-electron chi connectivity index (χ3n) is 6.32. The summed E-state index contributed by atoms with van der Waals surface area (Å²) < 4.78 is 0. The van der Waals surface area contributed by atoms with E-state index in [0.29, 0.717) is 5.92 Å². The Morgan fingerprint density at radius 3 is 1.27 bits per heavy atom.